The molecule has 2 aromatic rings. The van der Waals surface area contributed by atoms with Gasteiger partial charge < -0.3 is 10.7 Å². The summed E-state index contributed by atoms with van der Waals surface area (Å²) in [5.41, 5.74) is 7.80. The van der Waals surface area contributed by atoms with Gasteiger partial charge in [-0.25, -0.2) is 9.97 Å². The maximum absolute atomic E-state index is 11.6. The summed E-state index contributed by atoms with van der Waals surface area (Å²) in [5.74, 6) is 1.57. The van der Waals surface area contributed by atoms with Gasteiger partial charge in [-0.2, -0.15) is 0 Å². The summed E-state index contributed by atoms with van der Waals surface area (Å²) in [4.78, 5) is 25.3. The lowest BCUT2D eigenvalue weighted by atomic mass is 9.94. The molecular formula is C16H21N5O. The van der Waals surface area contributed by atoms with E-state index in [-0.39, 0.29) is 5.56 Å². The van der Waals surface area contributed by atoms with Crippen molar-refractivity contribution in [2.75, 3.05) is 18.8 Å². The SMILES string of the molecule is Cc1nc([C@@H]2CCCN(Cc3cccnc3N)C2)cc(=O)[nH]1. The first-order valence-electron chi connectivity index (χ1n) is 7.61. The Hall–Kier alpha value is -2.21. The molecule has 1 fully saturated rings. The van der Waals surface area contributed by atoms with Gasteiger partial charge in [-0.15, -0.1) is 0 Å². The van der Waals surface area contributed by atoms with Gasteiger partial charge in [0, 0.05) is 36.8 Å². The summed E-state index contributed by atoms with van der Waals surface area (Å²) in [6.45, 7) is 4.54. The third-order valence-corrected chi connectivity index (χ3v) is 4.12. The predicted octanol–water partition coefficient (Wildman–Crippen LogP) is 1.44. The van der Waals surface area contributed by atoms with Crippen LogP contribution in [0.4, 0.5) is 5.82 Å². The number of rotatable bonds is 3. The summed E-state index contributed by atoms with van der Waals surface area (Å²) in [6, 6.07) is 5.55. The van der Waals surface area contributed by atoms with Gasteiger partial charge in [0.05, 0.1) is 5.69 Å². The Kier molecular flexibility index (Phi) is 4.20. The number of hydrogen-bond acceptors (Lipinski definition) is 5. The van der Waals surface area contributed by atoms with E-state index in [0.29, 0.717) is 17.6 Å². The monoisotopic (exact) mass is 299 g/mol. The number of pyridine rings is 1. The van der Waals surface area contributed by atoms with Crippen LogP contribution in [0.3, 0.4) is 0 Å². The van der Waals surface area contributed by atoms with E-state index < -0.39 is 0 Å². The molecule has 0 bridgehead atoms. The number of nitrogens with two attached hydrogens (primary N) is 1. The van der Waals surface area contributed by atoms with Crippen LogP contribution in [-0.2, 0) is 6.54 Å². The second kappa shape index (κ2) is 6.27. The van der Waals surface area contributed by atoms with E-state index in [9.17, 15) is 4.79 Å². The van der Waals surface area contributed by atoms with Crippen molar-refractivity contribution in [2.45, 2.75) is 32.2 Å². The van der Waals surface area contributed by atoms with Gasteiger partial charge in [0.2, 0.25) is 0 Å². The number of nitrogens with one attached hydrogen (secondary N) is 1. The highest BCUT2D eigenvalue weighted by Crippen LogP contribution is 2.26. The summed E-state index contributed by atoms with van der Waals surface area (Å²) in [5, 5.41) is 0. The third-order valence-electron chi connectivity index (χ3n) is 4.12. The molecule has 0 saturated carbocycles. The molecule has 0 unspecified atom stereocenters. The van der Waals surface area contributed by atoms with Crippen molar-refractivity contribution in [2.24, 2.45) is 0 Å². The maximum atomic E-state index is 11.6. The van der Waals surface area contributed by atoms with Crippen molar-refractivity contribution >= 4 is 5.82 Å². The lowest BCUT2D eigenvalue weighted by Gasteiger charge is -2.32. The smallest absolute Gasteiger partial charge is 0.251 e. The summed E-state index contributed by atoms with van der Waals surface area (Å²) < 4.78 is 0. The van der Waals surface area contributed by atoms with E-state index in [0.717, 1.165) is 43.7 Å². The topological polar surface area (TPSA) is 87.9 Å². The van der Waals surface area contributed by atoms with E-state index in [1.165, 1.54) is 0 Å². The molecule has 0 spiro atoms. The molecule has 1 atom stereocenters. The number of aromatic amines is 1. The van der Waals surface area contributed by atoms with E-state index >= 15 is 0 Å². The predicted molar refractivity (Wildman–Crippen MR) is 85.5 cm³/mol. The fourth-order valence-corrected chi connectivity index (χ4v) is 3.08. The molecule has 0 amide bonds. The second-order valence-corrected chi connectivity index (χ2v) is 5.88. The molecule has 0 radical (unpaired) electrons. The number of piperidine rings is 1. The molecule has 0 aromatic carbocycles. The summed E-state index contributed by atoms with van der Waals surface area (Å²) in [6.07, 6.45) is 3.87. The fraction of sp³-hybridized carbons (Fsp3) is 0.438. The molecule has 3 heterocycles. The van der Waals surface area contributed by atoms with Crippen LogP contribution >= 0.6 is 0 Å². The molecule has 3 N–H and O–H groups in total. The highest BCUT2D eigenvalue weighted by molar-refractivity contribution is 5.38. The van der Waals surface area contributed by atoms with E-state index in [4.69, 9.17) is 5.73 Å². The standard InChI is InChI=1S/C16H21N5O/c1-11-19-14(8-15(22)20-11)12-5-3-7-21(9-12)10-13-4-2-6-18-16(13)17/h2,4,6,8,12H,3,5,7,9-10H2,1H3,(H2,17,18)(H,19,20,22)/t12-/m1/s1. The van der Waals surface area contributed by atoms with Gasteiger partial charge in [-0.1, -0.05) is 6.07 Å². The van der Waals surface area contributed by atoms with Crippen LogP contribution in [0.25, 0.3) is 0 Å². The number of nitrogen functional groups attached to an aromatic ring is 1. The van der Waals surface area contributed by atoms with Crippen LogP contribution in [0.2, 0.25) is 0 Å². The lowest BCUT2D eigenvalue weighted by Crippen LogP contribution is -2.35. The molecule has 3 rings (SSSR count). The molecule has 1 aliphatic heterocycles. The number of anilines is 1. The Morgan fingerprint density at radius 3 is 3.14 bits per heavy atom. The number of hydrogen-bond donors (Lipinski definition) is 2. The lowest BCUT2D eigenvalue weighted by molar-refractivity contribution is 0.198. The van der Waals surface area contributed by atoms with E-state index in [1.54, 1.807) is 12.3 Å². The van der Waals surface area contributed by atoms with Crippen molar-refractivity contribution in [3.63, 3.8) is 0 Å². The van der Waals surface area contributed by atoms with Gasteiger partial charge >= 0.3 is 0 Å². The molecular weight excluding hydrogens is 278 g/mol. The average molecular weight is 299 g/mol. The first-order chi connectivity index (χ1) is 10.6. The number of nitrogens with zero attached hydrogens (tertiary/aromatic N) is 3. The van der Waals surface area contributed by atoms with Crippen LogP contribution < -0.4 is 11.3 Å². The zero-order chi connectivity index (χ0) is 15.5. The first kappa shape index (κ1) is 14.7. The molecule has 116 valence electrons. The minimum absolute atomic E-state index is 0.0730. The third kappa shape index (κ3) is 3.33. The number of aromatic nitrogens is 3. The Bertz CT molecular complexity index is 712. The van der Waals surface area contributed by atoms with Crippen LogP contribution in [0.5, 0.6) is 0 Å². The number of H-pyrrole nitrogens is 1. The molecule has 2 aromatic heterocycles. The van der Waals surface area contributed by atoms with Crippen LogP contribution in [0.1, 0.15) is 35.8 Å². The van der Waals surface area contributed by atoms with Crippen molar-refractivity contribution < 1.29 is 0 Å². The highest BCUT2D eigenvalue weighted by atomic mass is 16.1. The average Bonchev–Trinajstić information content (AvgIpc) is 2.49. The highest BCUT2D eigenvalue weighted by Gasteiger charge is 2.23. The maximum Gasteiger partial charge on any atom is 0.251 e. The molecule has 6 heteroatoms. The molecule has 1 aliphatic rings. The fourth-order valence-electron chi connectivity index (χ4n) is 3.08. The molecule has 22 heavy (non-hydrogen) atoms. The van der Waals surface area contributed by atoms with Crippen molar-refractivity contribution in [3.8, 4) is 0 Å². The zero-order valence-corrected chi connectivity index (χ0v) is 12.7. The van der Waals surface area contributed by atoms with Gasteiger partial charge in [0.1, 0.15) is 11.6 Å². The van der Waals surface area contributed by atoms with E-state index in [1.807, 2.05) is 19.1 Å². The van der Waals surface area contributed by atoms with Crippen molar-refractivity contribution in [1.82, 2.24) is 19.9 Å². The van der Waals surface area contributed by atoms with Crippen LogP contribution in [-0.4, -0.2) is 32.9 Å². The van der Waals surface area contributed by atoms with Gasteiger partial charge in [-0.05, 0) is 32.4 Å². The Morgan fingerprint density at radius 1 is 1.50 bits per heavy atom. The van der Waals surface area contributed by atoms with Crippen molar-refractivity contribution in [3.05, 3.63) is 51.8 Å². The van der Waals surface area contributed by atoms with Gasteiger partial charge in [0.25, 0.3) is 5.56 Å². The largest absolute Gasteiger partial charge is 0.383 e. The van der Waals surface area contributed by atoms with E-state index in [2.05, 4.69) is 19.9 Å². The minimum Gasteiger partial charge on any atom is -0.383 e. The van der Waals surface area contributed by atoms with Crippen molar-refractivity contribution in [1.29, 1.82) is 0 Å². The quantitative estimate of drug-likeness (QED) is 0.895. The summed E-state index contributed by atoms with van der Waals surface area (Å²) in [7, 11) is 0. The minimum atomic E-state index is -0.0730. The second-order valence-electron chi connectivity index (χ2n) is 5.88. The normalized spacial score (nSPS) is 19.2. The van der Waals surface area contributed by atoms with Gasteiger partial charge in [-0.3, -0.25) is 9.69 Å². The zero-order valence-electron chi connectivity index (χ0n) is 12.7. The Labute approximate surface area is 129 Å². The Balaban J connectivity index is 1.74. The number of aryl methyl sites for hydroxylation is 1. The van der Waals surface area contributed by atoms with Crippen LogP contribution in [0, 0.1) is 6.92 Å². The van der Waals surface area contributed by atoms with Gasteiger partial charge in [0.15, 0.2) is 0 Å². The molecule has 0 aliphatic carbocycles. The molecule has 6 nitrogen and oxygen atoms in total. The van der Waals surface area contributed by atoms with Crippen LogP contribution in [0.15, 0.2) is 29.2 Å². The number of likely N-dealkylation sites (tertiary alicyclic amines) is 1. The Morgan fingerprint density at radius 2 is 2.36 bits per heavy atom. The first-order valence-corrected chi connectivity index (χ1v) is 7.61. The summed E-state index contributed by atoms with van der Waals surface area (Å²) >= 11 is 0. The molecule has 1 saturated heterocycles.